The summed E-state index contributed by atoms with van der Waals surface area (Å²) < 4.78 is 0. The van der Waals surface area contributed by atoms with Crippen LogP contribution in [0.15, 0.2) is 29.2 Å². The molecule has 1 aliphatic heterocycles. The quantitative estimate of drug-likeness (QED) is 0.680. The molecule has 0 spiro atoms. The van der Waals surface area contributed by atoms with Gasteiger partial charge < -0.3 is 20.5 Å². The van der Waals surface area contributed by atoms with Crippen LogP contribution in [-0.2, 0) is 0 Å². The summed E-state index contributed by atoms with van der Waals surface area (Å²) in [6, 6.07) is 6.01. The number of hydrogen-bond acceptors (Lipinski definition) is 3. The number of urea groups is 1. The van der Waals surface area contributed by atoms with Gasteiger partial charge in [-0.1, -0.05) is 25.0 Å². The standard InChI is InChI=1S/C21H30N4O2/c1-3-16-7-4-5-11-25(16)12-6-10-22-21(27)24-19-14-23-18-9-8-15(2)13-17(18)20(19)26/h8-9,13-14,16H,3-7,10-12H2,1-2H3,(H,23,26)(H2,22,24,27)/t16-/m1/s1. The van der Waals surface area contributed by atoms with Crippen LogP contribution in [-0.4, -0.2) is 41.6 Å². The van der Waals surface area contributed by atoms with Crippen molar-refractivity contribution < 1.29 is 4.79 Å². The molecule has 3 N–H and O–H groups in total. The Labute approximate surface area is 160 Å². The topological polar surface area (TPSA) is 77.2 Å². The summed E-state index contributed by atoms with van der Waals surface area (Å²) in [5.41, 5.74) is 1.88. The molecule has 0 saturated carbocycles. The number of amides is 2. The van der Waals surface area contributed by atoms with Gasteiger partial charge in [0, 0.05) is 36.2 Å². The Morgan fingerprint density at radius 2 is 2.19 bits per heavy atom. The number of anilines is 1. The van der Waals surface area contributed by atoms with Gasteiger partial charge in [-0.25, -0.2) is 4.79 Å². The van der Waals surface area contributed by atoms with E-state index in [2.05, 4.69) is 27.4 Å². The summed E-state index contributed by atoms with van der Waals surface area (Å²) in [7, 11) is 0. The number of nitrogens with one attached hydrogen (secondary N) is 3. The molecule has 0 radical (unpaired) electrons. The van der Waals surface area contributed by atoms with Crippen molar-refractivity contribution in [2.24, 2.45) is 0 Å². The minimum absolute atomic E-state index is 0.165. The normalized spacial score (nSPS) is 17.8. The molecule has 1 aliphatic rings. The number of likely N-dealkylation sites (tertiary alicyclic amines) is 1. The minimum atomic E-state index is -0.335. The van der Waals surface area contributed by atoms with Gasteiger partial charge in [-0.05, 0) is 51.3 Å². The number of carbonyl (C=O) groups excluding carboxylic acids is 1. The first kappa shape index (κ1) is 19.4. The molecule has 1 aromatic carbocycles. The fourth-order valence-corrected chi connectivity index (χ4v) is 3.89. The van der Waals surface area contributed by atoms with Crippen LogP contribution in [0.3, 0.4) is 0 Å². The van der Waals surface area contributed by atoms with Crippen LogP contribution in [0.2, 0.25) is 0 Å². The molecule has 1 fully saturated rings. The second-order valence-electron chi connectivity index (χ2n) is 7.41. The Morgan fingerprint density at radius 3 is 3.00 bits per heavy atom. The largest absolute Gasteiger partial charge is 0.359 e. The highest BCUT2D eigenvalue weighted by Gasteiger charge is 2.19. The third-order valence-corrected chi connectivity index (χ3v) is 5.41. The Bertz CT molecular complexity index is 846. The molecule has 6 nitrogen and oxygen atoms in total. The van der Waals surface area contributed by atoms with Gasteiger partial charge in [0.25, 0.3) is 0 Å². The molecule has 0 unspecified atom stereocenters. The van der Waals surface area contributed by atoms with Crippen molar-refractivity contribution in [2.45, 2.75) is 52.0 Å². The van der Waals surface area contributed by atoms with Gasteiger partial charge in [0.15, 0.2) is 0 Å². The Kier molecular flexibility index (Phi) is 6.50. The molecule has 2 aromatic rings. The average molecular weight is 370 g/mol. The molecule has 0 bridgehead atoms. The number of aromatic nitrogens is 1. The van der Waals surface area contributed by atoms with E-state index >= 15 is 0 Å². The van der Waals surface area contributed by atoms with E-state index in [1.807, 2.05) is 25.1 Å². The highest BCUT2D eigenvalue weighted by atomic mass is 16.2. The fraction of sp³-hybridized carbons (Fsp3) is 0.524. The van der Waals surface area contributed by atoms with Crippen molar-refractivity contribution in [2.75, 3.05) is 25.0 Å². The molecule has 0 aliphatic carbocycles. The maximum absolute atomic E-state index is 12.6. The molecule has 1 aromatic heterocycles. The predicted molar refractivity (Wildman–Crippen MR) is 110 cm³/mol. The maximum atomic E-state index is 12.6. The highest BCUT2D eigenvalue weighted by Crippen LogP contribution is 2.19. The number of aryl methyl sites for hydroxylation is 1. The van der Waals surface area contributed by atoms with Crippen LogP contribution < -0.4 is 16.1 Å². The van der Waals surface area contributed by atoms with Gasteiger partial charge >= 0.3 is 6.03 Å². The SMILES string of the molecule is CC[C@@H]1CCCCN1CCCNC(=O)Nc1c[nH]c2ccc(C)cc2c1=O. The molecule has 6 heteroatoms. The van der Waals surface area contributed by atoms with Gasteiger partial charge in [0.1, 0.15) is 5.69 Å². The van der Waals surface area contributed by atoms with E-state index in [1.54, 1.807) is 6.20 Å². The molecular formula is C21H30N4O2. The van der Waals surface area contributed by atoms with E-state index in [0.29, 0.717) is 18.0 Å². The number of fused-ring (bicyclic) bond motifs is 1. The summed E-state index contributed by atoms with van der Waals surface area (Å²) in [6.45, 7) is 6.96. The van der Waals surface area contributed by atoms with E-state index < -0.39 is 0 Å². The Balaban J connectivity index is 1.50. The molecule has 2 heterocycles. The van der Waals surface area contributed by atoms with Crippen LogP contribution >= 0.6 is 0 Å². The van der Waals surface area contributed by atoms with Crippen LogP contribution in [0, 0.1) is 6.92 Å². The maximum Gasteiger partial charge on any atom is 0.319 e. The van der Waals surface area contributed by atoms with E-state index in [1.165, 1.54) is 25.7 Å². The van der Waals surface area contributed by atoms with Gasteiger partial charge in [-0.15, -0.1) is 0 Å². The number of benzene rings is 1. The number of H-pyrrole nitrogens is 1. The molecule has 146 valence electrons. The number of aromatic amines is 1. The van der Waals surface area contributed by atoms with Crippen LogP contribution in [0.1, 0.15) is 44.6 Å². The first-order chi connectivity index (χ1) is 13.1. The van der Waals surface area contributed by atoms with Crippen molar-refractivity contribution in [1.29, 1.82) is 0 Å². The van der Waals surface area contributed by atoms with Crippen LogP contribution in [0.25, 0.3) is 10.9 Å². The Hall–Kier alpha value is -2.34. The van der Waals surface area contributed by atoms with Crippen LogP contribution in [0.5, 0.6) is 0 Å². The van der Waals surface area contributed by atoms with Crippen molar-refractivity contribution in [3.63, 3.8) is 0 Å². The van der Waals surface area contributed by atoms with Crippen molar-refractivity contribution in [3.05, 3.63) is 40.2 Å². The number of pyridine rings is 1. The number of hydrogen-bond donors (Lipinski definition) is 3. The first-order valence-electron chi connectivity index (χ1n) is 9.99. The second kappa shape index (κ2) is 9.04. The number of rotatable bonds is 6. The summed E-state index contributed by atoms with van der Waals surface area (Å²) in [6.07, 6.45) is 7.55. The minimum Gasteiger partial charge on any atom is -0.359 e. The van der Waals surface area contributed by atoms with Gasteiger partial charge in [0.05, 0.1) is 0 Å². The molecular weight excluding hydrogens is 340 g/mol. The van der Waals surface area contributed by atoms with Crippen molar-refractivity contribution >= 4 is 22.6 Å². The van der Waals surface area contributed by atoms with Crippen molar-refractivity contribution in [1.82, 2.24) is 15.2 Å². The molecule has 1 saturated heterocycles. The lowest BCUT2D eigenvalue weighted by Gasteiger charge is -2.35. The number of nitrogens with zero attached hydrogens (tertiary/aromatic N) is 1. The highest BCUT2D eigenvalue weighted by molar-refractivity contribution is 5.91. The zero-order valence-electron chi connectivity index (χ0n) is 16.3. The lowest BCUT2D eigenvalue weighted by atomic mass is 10.00. The lowest BCUT2D eigenvalue weighted by molar-refractivity contribution is 0.142. The van der Waals surface area contributed by atoms with Crippen molar-refractivity contribution in [3.8, 4) is 0 Å². The monoisotopic (exact) mass is 370 g/mol. The second-order valence-corrected chi connectivity index (χ2v) is 7.41. The summed E-state index contributed by atoms with van der Waals surface area (Å²) in [5.74, 6) is 0. The molecule has 27 heavy (non-hydrogen) atoms. The van der Waals surface area contributed by atoms with Crippen LogP contribution in [0.4, 0.5) is 10.5 Å². The van der Waals surface area contributed by atoms with E-state index in [-0.39, 0.29) is 17.1 Å². The number of piperidine rings is 1. The van der Waals surface area contributed by atoms with Gasteiger partial charge in [-0.3, -0.25) is 4.79 Å². The third-order valence-electron chi connectivity index (χ3n) is 5.41. The molecule has 1 atom stereocenters. The number of carbonyl (C=O) groups is 1. The zero-order valence-corrected chi connectivity index (χ0v) is 16.3. The lowest BCUT2D eigenvalue weighted by Crippen LogP contribution is -2.41. The molecule has 2 amide bonds. The summed E-state index contributed by atoms with van der Waals surface area (Å²) in [4.78, 5) is 30.3. The summed E-state index contributed by atoms with van der Waals surface area (Å²) >= 11 is 0. The van der Waals surface area contributed by atoms with Gasteiger partial charge in [-0.2, -0.15) is 0 Å². The fourth-order valence-electron chi connectivity index (χ4n) is 3.89. The summed E-state index contributed by atoms with van der Waals surface area (Å²) in [5, 5.41) is 6.12. The average Bonchev–Trinajstić information content (AvgIpc) is 2.68. The molecule has 3 rings (SSSR count). The van der Waals surface area contributed by atoms with Gasteiger partial charge in [0.2, 0.25) is 5.43 Å². The smallest absolute Gasteiger partial charge is 0.319 e. The van der Waals surface area contributed by atoms with E-state index in [4.69, 9.17) is 0 Å². The third kappa shape index (κ3) is 4.89. The van der Waals surface area contributed by atoms with E-state index in [9.17, 15) is 9.59 Å². The van der Waals surface area contributed by atoms with E-state index in [0.717, 1.165) is 30.6 Å². The zero-order chi connectivity index (χ0) is 19.2. The predicted octanol–water partition coefficient (Wildman–Crippen LogP) is 3.61. The Morgan fingerprint density at radius 1 is 1.33 bits per heavy atom. The first-order valence-corrected chi connectivity index (χ1v) is 9.99.